The van der Waals surface area contributed by atoms with Crippen molar-refractivity contribution < 1.29 is 14.3 Å². The summed E-state index contributed by atoms with van der Waals surface area (Å²) < 4.78 is 14.5. The summed E-state index contributed by atoms with van der Waals surface area (Å²) in [5.41, 5.74) is 5.31. The number of amides is 1. The van der Waals surface area contributed by atoms with Crippen LogP contribution in [0.3, 0.4) is 0 Å². The van der Waals surface area contributed by atoms with E-state index in [-0.39, 0.29) is 11.8 Å². The molecule has 1 aromatic heterocycles. The first-order chi connectivity index (χ1) is 18.5. The van der Waals surface area contributed by atoms with E-state index in [2.05, 4.69) is 25.2 Å². The van der Waals surface area contributed by atoms with Crippen molar-refractivity contribution in [3.8, 4) is 11.5 Å². The third-order valence-corrected chi connectivity index (χ3v) is 6.60. The molecule has 0 saturated carbocycles. The highest BCUT2D eigenvalue weighted by Crippen LogP contribution is 2.35. The minimum absolute atomic E-state index is 0.148. The topological polar surface area (TPSA) is 52.5 Å². The summed E-state index contributed by atoms with van der Waals surface area (Å²) >= 11 is 0. The van der Waals surface area contributed by atoms with Crippen LogP contribution in [0.25, 0.3) is 10.9 Å². The second-order valence-corrected chi connectivity index (χ2v) is 9.74. The molecule has 0 unspecified atom stereocenters. The van der Waals surface area contributed by atoms with Crippen LogP contribution in [0.5, 0.6) is 11.5 Å². The minimum atomic E-state index is -0.224. The molecular weight excluding hydrogens is 472 g/mol. The second-order valence-electron chi connectivity index (χ2n) is 9.74. The summed E-state index contributed by atoms with van der Waals surface area (Å²) in [5, 5.41) is 4.20. The zero-order valence-electron chi connectivity index (χ0n) is 22.0. The van der Waals surface area contributed by atoms with Crippen LogP contribution in [0, 0.1) is 0 Å². The Bertz CT molecular complexity index is 1540. The highest BCUT2D eigenvalue weighted by Gasteiger charge is 2.20. The number of aryl methyl sites for hydroxylation is 1. The van der Waals surface area contributed by atoms with E-state index >= 15 is 0 Å². The van der Waals surface area contributed by atoms with Crippen LogP contribution in [0.1, 0.15) is 46.8 Å². The zero-order valence-corrected chi connectivity index (χ0v) is 22.0. The van der Waals surface area contributed by atoms with Crippen LogP contribution in [0.2, 0.25) is 0 Å². The summed E-state index contributed by atoms with van der Waals surface area (Å²) in [7, 11) is 1.99. The molecule has 5 heteroatoms. The van der Waals surface area contributed by atoms with Crippen molar-refractivity contribution in [1.29, 1.82) is 0 Å². The normalized spacial score (nSPS) is 11.1. The summed E-state index contributed by atoms with van der Waals surface area (Å²) in [6.45, 7) is 4.97. The molecule has 0 bridgehead atoms. The summed E-state index contributed by atoms with van der Waals surface area (Å²) in [6.07, 6.45) is 2.01. The monoisotopic (exact) mass is 504 g/mol. The fraction of sp³-hybridized carbons (Fsp3) is 0.182. The smallest absolute Gasteiger partial charge is 0.259 e. The fourth-order valence-electron chi connectivity index (χ4n) is 4.46. The van der Waals surface area contributed by atoms with Crippen LogP contribution in [0.4, 0.5) is 5.69 Å². The van der Waals surface area contributed by atoms with Gasteiger partial charge in [0.2, 0.25) is 0 Å². The van der Waals surface area contributed by atoms with E-state index in [0.717, 1.165) is 33.3 Å². The Morgan fingerprint density at radius 2 is 1.42 bits per heavy atom. The van der Waals surface area contributed by atoms with Gasteiger partial charge in [-0.3, -0.25) is 4.79 Å². The number of nitrogens with one attached hydrogen (secondary N) is 1. The molecule has 0 spiro atoms. The first-order valence-corrected chi connectivity index (χ1v) is 12.9. The maximum absolute atomic E-state index is 13.6. The lowest BCUT2D eigenvalue weighted by molar-refractivity contribution is 0.102. The Kier molecular flexibility index (Phi) is 7.45. The molecule has 38 heavy (non-hydrogen) atoms. The second kappa shape index (κ2) is 11.3. The van der Waals surface area contributed by atoms with Gasteiger partial charge in [0.05, 0.1) is 5.56 Å². The number of nitrogens with zero attached hydrogens (tertiary/aromatic N) is 1. The van der Waals surface area contributed by atoms with Crippen LogP contribution in [0.15, 0.2) is 103 Å². The third kappa shape index (κ3) is 5.73. The molecule has 5 rings (SSSR count). The van der Waals surface area contributed by atoms with E-state index in [4.69, 9.17) is 9.47 Å². The standard InChI is InChI=1S/C33H32N2O3/c1-23(2)28-19-29(33(36)34-27-15-14-26-16-17-35(3)30(26)18-27)32(38-22-25-12-8-5-9-13-25)20-31(28)37-21-24-10-6-4-7-11-24/h4-20,23H,21-22H2,1-3H3,(H,34,36). The first kappa shape index (κ1) is 25.2. The lowest BCUT2D eigenvalue weighted by Crippen LogP contribution is -2.15. The van der Waals surface area contributed by atoms with Gasteiger partial charge in [0.1, 0.15) is 24.7 Å². The highest BCUT2D eigenvalue weighted by atomic mass is 16.5. The molecule has 192 valence electrons. The van der Waals surface area contributed by atoms with Gasteiger partial charge in [-0.25, -0.2) is 0 Å². The molecule has 0 aliphatic carbocycles. The predicted octanol–water partition coefficient (Wildman–Crippen LogP) is 7.71. The Morgan fingerprint density at radius 1 is 0.789 bits per heavy atom. The largest absolute Gasteiger partial charge is 0.488 e. The molecule has 0 aliphatic heterocycles. The molecule has 0 saturated heterocycles. The number of carbonyl (C=O) groups excluding carboxylic acids is 1. The SMILES string of the molecule is CC(C)c1cc(C(=O)Nc2ccc3ccn(C)c3c2)c(OCc2ccccc2)cc1OCc1ccccc1. The molecule has 5 aromatic rings. The van der Waals surface area contributed by atoms with Crippen LogP contribution < -0.4 is 14.8 Å². The van der Waals surface area contributed by atoms with Gasteiger partial charge in [-0.2, -0.15) is 0 Å². The number of anilines is 1. The Balaban J connectivity index is 1.48. The maximum atomic E-state index is 13.6. The van der Waals surface area contributed by atoms with E-state index in [1.54, 1.807) is 0 Å². The number of carbonyl (C=O) groups is 1. The lowest BCUT2D eigenvalue weighted by atomic mass is 9.98. The average molecular weight is 505 g/mol. The van der Waals surface area contributed by atoms with Crippen LogP contribution >= 0.6 is 0 Å². The molecule has 0 radical (unpaired) electrons. The number of fused-ring (bicyclic) bond motifs is 1. The Labute approximate surface area is 223 Å². The number of ether oxygens (including phenoxy) is 2. The quantitative estimate of drug-likeness (QED) is 0.224. The Morgan fingerprint density at radius 3 is 2.05 bits per heavy atom. The number of hydrogen-bond acceptors (Lipinski definition) is 3. The van der Waals surface area contributed by atoms with Gasteiger partial charge in [-0.15, -0.1) is 0 Å². The molecule has 5 nitrogen and oxygen atoms in total. The van der Waals surface area contributed by atoms with Crippen LogP contribution in [-0.2, 0) is 20.3 Å². The maximum Gasteiger partial charge on any atom is 0.259 e. The summed E-state index contributed by atoms with van der Waals surface area (Å²) in [4.78, 5) is 13.6. The number of hydrogen-bond donors (Lipinski definition) is 1. The molecule has 0 atom stereocenters. The molecular formula is C33H32N2O3. The van der Waals surface area contributed by atoms with Gasteiger partial charge in [0.25, 0.3) is 5.91 Å². The summed E-state index contributed by atoms with van der Waals surface area (Å²) in [5.74, 6) is 1.13. The first-order valence-electron chi connectivity index (χ1n) is 12.9. The van der Waals surface area contributed by atoms with E-state index in [1.807, 2.05) is 109 Å². The minimum Gasteiger partial charge on any atom is -0.488 e. The van der Waals surface area contributed by atoms with E-state index in [1.165, 1.54) is 0 Å². The van der Waals surface area contributed by atoms with Crippen molar-refractivity contribution in [2.24, 2.45) is 7.05 Å². The van der Waals surface area contributed by atoms with Crippen molar-refractivity contribution in [3.05, 3.63) is 126 Å². The van der Waals surface area contributed by atoms with E-state index in [9.17, 15) is 4.79 Å². The summed E-state index contributed by atoms with van der Waals surface area (Å²) in [6, 6.07) is 31.7. The molecule has 1 N–H and O–H groups in total. The molecule has 1 heterocycles. The zero-order chi connectivity index (χ0) is 26.5. The average Bonchev–Trinajstić information content (AvgIpc) is 3.31. The predicted molar refractivity (Wildman–Crippen MR) is 153 cm³/mol. The van der Waals surface area contributed by atoms with Crippen molar-refractivity contribution in [3.63, 3.8) is 0 Å². The molecule has 4 aromatic carbocycles. The number of aromatic nitrogens is 1. The van der Waals surface area contributed by atoms with Gasteiger partial charge in [0.15, 0.2) is 0 Å². The van der Waals surface area contributed by atoms with Crippen molar-refractivity contribution in [2.75, 3.05) is 5.32 Å². The van der Waals surface area contributed by atoms with E-state index < -0.39 is 0 Å². The molecule has 1 amide bonds. The van der Waals surface area contributed by atoms with Crippen LogP contribution in [-0.4, -0.2) is 10.5 Å². The van der Waals surface area contributed by atoms with Gasteiger partial charge >= 0.3 is 0 Å². The highest BCUT2D eigenvalue weighted by molar-refractivity contribution is 6.07. The fourth-order valence-corrected chi connectivity index (χ4v) is 4.46. The van der Waals surface area contributed by atoms with Gasteiger partial charge in [-0.1, -0.05) is 80.6 Å². The third-order valence-electron chi connectivity index (χ3n) is 6.60. The van der Waals surface area contributed by atoms with Gasteiger partial charge < -0.3 is 19.4 Å². The van der Waals surface area contributed by atoms with Gasteiger partial charge in [-0.05, 0) is 52.3 Å². The molecule has 0 aliphatic rings. The van der Waals surface area contributed by atoms with E-state index in [0.29, 0.717) is 30.3 Å². The van der Waals surface area contributed by atoms with Crippen molar-refractivity contribution in [1.82, 2.24) is 4.57 Å². The Hall–Kier alpha value is -4.51. The number of rotatable bonds is 9. The molecule has 0 fully saturated rings. The van der Waals surface area contributed by atoms with Crippen molar-refractivity contribution >= 4 is 22.5 Å². The lowest BCUT2D eigenvalue weighted by Gasteiger charge is -2.19. The van der Waals surface area contributed by atoms with Crippen molar-refractivity contribution in [2.45, 2.75) is 33.0 Å². The van der Waals surface area contributed by atoms with Gasteiger partial charge in [0, 0.05) is 30.5 Å². The number of benzene rings is 4.